The quantitative estimate of drug-likeness (QED) is 0.0146. The number of phosphoric ester groups is 2. The smallest absolute Gasteiger partial charge is 0.463 e. The highest BCUT2D eigenvalue weighted by Crippen LogP contribution is 2.45. The molecule has 77 heavy (non-hydrogen) atoms. The van der Waals surface area contributed by atoms with E-state index in [1.807, 2.05) is 0 Å². The Morgan fingerprint density at radius 1 is 0.377 bits per heavy atom. The van der Waals surface area contributed by atoms with Crippen molar-refractivity contribution >= 4 is 33.6 Å². The molecule has 5 unspecified atom stereocenters. The molecule has 0 amide bonds. The molecule has 0 aliphatic rings. The summed E-state index contributed by atoms with van der Waals surface area (Å²) in [7, 11) is -9.74. The zero-order valence-electron chi connectivity index (χ0n) is 48.4. The third kappa shape index (κ3) is 55.5. The van der Waals surface area contributed by atoms with E-state index in [0.29, 0.717) is 19.3 Å². The number of rotatable bonds is 58. The maximum absolute atomic E-state index is 12.8. The predicted molar refractivity (Wildman–Crippen MR) is 307 cm³/mol. The molecule has 0 aromatic heterocycles. The molecule has 0 saturated heterocycles. The minimum Gasteiger partial charge on any atom is -0.463 e. The van der Waals surface area contributed by atoms with Crippen LogP contribution in [0.3, 0.4) is 0 Å². The summed E-state index contributed by atoms with van der Waals surface area (Å²) in [6, 6.07) is 0. The monoisotopic (exact) mass is 1140 g/mol. The lowest BCUT2D eigenvalue weighted by atomic mass is 10.0. The van der Waals surface area contributed by atoms with Crippen LogP contribution in [0, 0.1) is 0 Å². The number of phosphoric acid groups is 2. The summed E-state index contributed by atoms with van der Waals surface area (Å²) in [5, 5.41) is 20.4. The maximum Gasteiger partial charge on any atom is 0.472 e. The van der Waals surface area contributed by atoms with E-state index in [9.17, 15) is 43.5 Å². The third-order valence-electron chi connectivity index (χ3n) is 12.9. The van der Waals surface area contributed by atoms with Gasteiger partial charge in [-0.25, -0.2) is 9.13 Å². The summed E-state index contributed by atoms with van der Waals surface area (Å²) in [4.78, 5) is 58.0. The van der Waals surface area contributed by atoms with Crippen LogP contribution < -0.4 is 0 Å². The van der Waals surface area contributed by atoms with E-state index in [0.717, 1.165) is 96.3 Å². The number of esters is 3. The van der Waals surface area contributed by atoms with Gasteiger partial charge in [-0.3, -0.25) is 32.5 Å². The molecule has 0 saturated carbocycles. The van der Waals surface area contributed by atoms with Gasteiger partial charge in [0.1, 0.15) is 25.4 Å². The van der Waals surface area contributed by atoms with Gasteiger partial charge in [-0.15, -0.1) is 0 Å². The summed E-state index contributed by atoms with van der Waals surface area (Å²) >= 11 is 0. The Labute approximate surface area is 466 Å². The largest absolute Gasteiger partial charge is 0.472 e. The van der Waals surface area contributed by atoms with Gasteiger partial charge in [0.05, 0.1) is 26.4 Å². The van der Waals surface area contributed by atoms with Crippen LogP contribution >= 0.6 is 15.6 Å². The molecule has 18 heteroatoms. The fraction of sp³-hybridized carbons (Fsp3) is 0.847. The first-order chi connectivity index (χ1) is 37.2. The van der Waals surface area contributed by atoms with Crippen molar-refractivity contribution in [1.82, 2.24) is 0 Å². The molecule has 0 heterocycles. The molecule has 4 N–H and O–H groups in total. The van der Waals surface area contributed by atoms with Gasteiger partial charge < -0.3 is 34.2 Å². The molecule has 452 valence electrons. The van der Waals surface area contributed by atoms with Crippen LogP contribution in [-0.4, -0.2) is 95.9 Å². The highest BCUT2D eigenvalue weighted by atomic mass is 31.2. The molecule has 5 atom stereocenters. The summed E-state index contributed by atoms with van der Waals surface area (Å²) in [6.45, 7) is 2.55. The van der Waals surface area contributed by atoms with Gasteiger partial charge in [-0.1, -0.05) is 231 Å². The molecule has 0 rings (SSSR count). The van der Waals surface area contributed by atoms with Gasteiger partial charge >= 0.3 is 33.6 Å². The molecule has 0 bridgehead atoms. The minimum atomic E-state index is -4.91. The number of hydrogen-bond acceptors (Lipinski definition) is 14. The number of aliphatic hydroxyl groups excluding tert-OH is 2. The van der Waals surface area contributed by atoms with Gasteiger partial charge in [0.25, 0.3) is 0 Å². The Morgan fingerprint density at radius 3 is 1.09 bits per heavy atom. The van der Waals surface area contributed by atoms with Gasteiger partial charge in [-0.05, 0) is 51.4 Å². The highest BCUT2D eigenvalue weighted by molar-refractivity contribution is 7.47. The molecule has 0 fully saturated rings. The van der Waals surface area contributed by atoms with Crippen molar-refractivity contribution in [3.8, 4) is 0 Å². The molecular formula is C59H110O16P2. The molecule has 0 aliphatic carbocycles. The fourth-order valence-electron chi connectivity index (χ4n) is 8.23. The van der Waals surface area contributed by atoms with Gasteiger partial charge in [0.15, 0.2) is 6.10 Å². The Bertz CT molecular complexity index is 1570. The molecular weight excluding hydrogens is 1030 g/mol. The van der Waals surface area contributed by atoms with E-state index in [-0.39, 0.29) is 19.3 Å². The van der Waals surface area contributed by atoms with Crippen LogP contribution in [0.4, 0.5) is 0 Å². The topological polar surface area (TPSA) is 231 Å². The molecule has 0 radical (unpaired) electrons. The number of hydrogen-bond donors (Lipinski definition) is 4. The lowest BCUT2D eigenvalue weighted by molar-refractivity contribution is -0.161. The Kier molecular flexibility index (Phi) is 52.8. The summed E-state index contributed by atoms with van der Waals surface area (Å²) in [5.41, 5.74) is 0. The maximum atomic E-state index is 12.8. The van der Waals surface area contributed by atoms with Crippen LogP contribution in [-0.2, 0) is 55.8 Å². The van der Waals surface area contributed by atoms with Crippen LogP contribution in [0.25, 0.3) is 0 Å². The van der Waals surface area contributed by atoms with Crippen LogP contribution in [0.5, 0.6) is 0 Å². The van der Waals surface area contributed by atoms with E-state index in [2.05, 4.69) is 57.2 Å². The summed E-state index contributed by atoms with van der Waals surface area (Å²) < 4.78 is 60.6. The minimum absolute atomic E-state index is 0.113. The van der Waals surface area contributed by atoms with Crippen LogP contribution in [0.15, 0.2) is 36.5 Å². The van der Waals surface area contributed by atoms with Crippen LogP contribution in [0.2, 0.25) is 0 Å². The van der Waals surface area contributed by atoms with Crippen molar-refractivity contribution in [2.45, 2.75) is 283 Å². The van der Waals surface area contributed by atoms with Crippen molar-refractivity contribution in [1.29, 1.82) is 0 Å². The second kappa shape index (κ2) is 54.4. The van der Waals surface area contributed by atoms with E-state index in [1.54, 1.807) is 0 Å². The van der Waals surface area contributed by atoms with Crippen molar-refractivity contribution < 1.29 is 75.8 Å². The first-order valence-corrected chi connectivity index (χ1v) is 33.3. The molecule has 0 aliphatic heterocycles. The average Bonchev–Trinajstić information content (AvgIpc) is 3.40. The average molecular weight is 1140 g/mol. The number of carbonyl (C=O) groups excluding carboxylic acids is 3. The summed E-state index contributed by atoms with van der Waals surface area (Å²) in [5.74, 6) is -1.57. The van der Waals surface area contributed by atoms with E-state index >= 15 is 0 Å². The summed E-state index contributed by atoms with van der Waals surface area (Å²) in [6.07, 6.45) is 47.8. The second-order valence-electron chi connectivity index (χ2n) is 20.5. The van der Waals surface area contributed by atoms with E-state index in [4.69, 9.17) is 32.3 Å². The Morgan fingerprint density at radius 2 is 0.688 bits per heavy atom. The Hall–Kier alpha value is -2.23. The lowest BCUT2D eigenvalue weighted by Gasteiger charge is -2.21. The highest BCUT2D eigenvalue weighted by Gasteiger charge is 2.29. The standard InChI is InChI=1S/C59H110O16P2/c1-4-7-10-13-16-19-22-25-26-29-31-33-36-39-42-45-57(62)69-48-54(60)49-71-76(65,66)72-50-55(61)51-73-77(67,68)74-53-56(75-59(64)47-44-41-38-35-32-28-24-21-18-15-12-9-6-3)52-70-58(63)46-43-40-37-34-30-27-23-20-17-14-11-8-5-2/h7,10,16,19,25-26,54-56,60-61H,4-6,8-9,11-15,17-18,20-24,27-53H2,1-3H3,(H,65,66)(H,67,68)/b10-7-,19-16-,26-25-. The van der Waals surface area contributed by atoms with E-state index in [1.165, 1.54) is 109 Å². The van der Waals surface area contributed by atoms with Crippen molar-refractivity contribution in [2.75, 3.05) is 39.6 Å². The number of aliphatic hydroxyl groups is 2. The van der Waals surface area contributed by atoms with Gasteiger partial charge in [0.2, 0.25) is 0 Å². The number of allylic oxidation sites excluding steroid dienone is 6. The molecule has 0 aromatic carbocycles. The molecule has 0 spiro atoms. The van der Waals surface area contributed by atoms with Crippen LogP contribution in [0.1, 0.15) is 265 Å². The third-order valence-corrected chi connectivity index (χ3v) is 14.8. The first-order valence-electron chi connectivity index (χ1n) is 30.3. The first kappa shape index (κ1) is 74.8. The van der Waals surface area contributed by atoms with Gasteiger partial charge in [0, 0.05) is 19.3 Å². The number of unbranched alkanes of at least 4 members (excludes halogenated alkanes) is 29. The number of carbonyl (C=O) groups is 3. The number of ether oxygens (including phenoxy) is 3. The van der Waals surface area contributed by atoms with Crippen molar-refractivity contribution in [3.63, 3.8) is 0 Å². The fourth-order valence-corrected chi connectivity index (χ4v) is 9.82. The zero-order valence-corrected chi connectivity index (χ0v) is 50.2. The molecule has 0 aromatic rings. The van der Waals surface area contributed by atoms with Crippen molar-refractivity contribution in [3.05, 3.63) is 36.5 Å². The normalized spacial score (nSPS) is 14.7. The lowest BCUT2D eigenvalue weighted by Crippen LogP contribution is -2.30. The second-order valence-corrected chi connectivity index (χ2v) is 23.4. The van der Waals surface area contributed by atoms with E-state index < -0.39 is 91.5 Å². The molecule has 16 nitrogen and oxygen atoms in total. The van der Waals surface area contributed by atoms with Crippen molar-refractivity contribution in [2.24, 2.45) is 0 Å². The predicted octanol–water partition coefficient (Wildman–Crippen LogP) is 15.5. The zero-order chi connectivity index (χ0) is 56.8. The Balaban J connectivity index is 4.66. The van der Waals surface area contributed by atoms with Gasteiger partial charge in [-0.2, -0.15) is 0 Å². The SMILES string of the molecule is CC/C=C\C/C=C\C/C=C\CCCCCCCC(=O)OCC(O)COP(=O)(O)OCC(O)COP(=O)(O)OCC(COC(=O)CCCCCCCCCCCCCCC)OC(=O)CCCCCCCCCCCCCCC.